The molecule has 0 bridgehead atoms. The van der Waals surface area contributed by atoms with Gasteiger partial charge in [-0.3, -0.25) is 9.55 Å². The van der Waals surface area contributed by atoms with Crippen molar-refractivity contribution in [1.82, 2.24) is 14.5 Å². The van der Waals surface area contributed by atoms with Gasteiger partial charge in [0.15, 0.2) is 0 Å². The van der Waals surface area contributed by atoms with Gasteiger partial charge in [-0.15, -0.1) is 29.3 Å². The van der Waals surface area contributed by atoms with Crippen LogP contribution in [-0.2, 0) is 48.1 Å². The first-order valence-electron chi connectivity index (χ1n) is 29.0. The number of phenols is 1. The fourth-order valence-corrected chi connectivity index (χ4v) is 8.93. The van der Waals surface area contributed by atoms with Gasteiger partial charge in [0.1, 0.15) is 11.6 Å². The number of imidazole rings is 1. The zero-order chi connectivity index (χ0) is 58.6. The van der Waals surface area contributed by atoms with Crippen molar-refractivity contribution in [2.75, 3.05) is 0 Å². The van der Waals surface area contributed by atoms with Crippen LogP contribution >= 0.6 is 0 Å². The molecule has 0 aliphatic heterocycles. The fourth-order valence-electron chi connectivity index (χ4n) is 8.93. The number of aromatic nitrogens is 3. The van der Waals surface area contributed by atoms with Crippen LogP contribution in [0.5, 0.6) is 5.75 Å². The number of hydrogen-bond acceptors (Lipinski definition) is 3. The molecule has 0 unspecified atom stereocenters. The predicted octanol–water partition coefficient (Wildman–Crippen LogP) is 17.9. The van der Waals surface area contributed by atoms with Crippen LogP contribution in [-0.4, -0.2) is 19.6 Å². The molecule has 366 valence electrons. The Morgan fingerprint density at radius 3 is 1.73 bits per heavy atom. The van der Waals surface area contributed by atoms with E-state index in [1.807, 2.05) is 38.1 Å². The van der Waals surface area contributed by atoms with Crippen molar-refractivity contribution in [3.63, 3.8) is 0 Å². The molecule has 0 atom stereocenters. The van der Waals surface area contributed by atoms with E-state index in [4.69, 9.17) is 22.3 Å². The van der Waals surface area contributed by atoms with Crippen LogP contribution in [0.4, 0.5) is 0 Å². The van der Waals surface area contributed by atoms with Crippen molar-refractivity contribution in [3.05, 3.63) is 167 Å². The van der Waals surface area contributed by atoms with E-state index < -0.39 is 37.3 Å². The molecule has 0 aliphatic rings. The molecule has 1 N–H and O–H groups in total. The van der Waals surface area contributed by atoms with Gasteiger partial charge in [-0.25, -0.2) is 4.98 Å². The molecule has 0 spiro atoms. The summed E-state index contributed by atoms with van der Waals surface area (Å²) in [6.45, 7) is 19.5. The van der Waals surface area contributed by atoms with Crippen LogP contribution in [0.15, 0.2) is 128 Å². The number of nitrogens with zero attached hydrogens (tertiary/aromatic N) is 3. The number of benzene rings is 6. The van der Waals surface area contributed by atoms with E-state index in [0.717, 1.165) is 55.7 Å². The third kappa shape index (κ3) is 10.6. The molecule has 5 heteroatoms. The smallest absolute Gasteiger partial charge is 0.148 e. The van der Waals surface area contributed by atoms with E-state index in [1.54, 1.807) is 24.4 Å². The van der Waals surface area contributed by atoms with E-state index in [2.05, 4.69) is 160 Å². The Labute approximate surface area is 448 Å². The second kappa shape index (κ2) is 18.9. The summed E-state index contributed by atoms with van der Waals surface area (Å²) in [5.41, 5.74) is 9.12. The zero-order valence-corrected chi connectivity index (χ0v) is 45.5. The number of para-hydroxylation sites is 1. The molecule has 0 saturated carbocycles. The first-order valence-corrected chi connectivity index (χ1v) is 24.0. The van der Waals surface area contributed by atoms with E-state index in [9.17, 15) is 6.48 Å². The summed E-state index contributed by atoms with van der Waals surface area (Å²) in [4.78, 5) is 10.5. The first-order chi connectivity index (χ1) is 36.1. The molecule has 70 heavy (non-hydrogen) atoms. The molecule has 2 heterocycles. The van der Waals surface area contributed by atoms with Crippen molar-refractivity contribution in [3.8, 4) is 67.5 Å². The molecule has 6 aromatic carbocycles. The summed E-state index contributed by atoms with van der Waals surface area (Å²) in [6, 6.07) is 42.4. The number of hydrogen-bond donors (Lipinski definition) is 1. The topological polar surface area (TPSA) is 50.9 Å². The van der Waals surface area contributed by atoms with Gasteiger partial charge in [0.05, 0.1) is 22.3 Å². The summed E-state index contributed by atoms with van der Waals surface area (Å²) >= 11 is 0. The van der Waals surface area contributed by atoms with Gasteiger partial charge in [0, 0.05) is 57.8 Å². The van der Waals surface area contributed by atoms with Crippen molar-refractivity contribution in [2.24, 2.45) is 0 Å². The van der Waals surface area contributed by atoms with Gasteiger partial charge in [-0.1, -0.05) is 207 Å². The van der Waals surface area contributed by atoms with Crippen LogP contribution in [0.3, 0.4) is 0 Å². The zero-order valence-electron chi connectivity index (χ0n) is 53.2. The normalized spacial score (nSPS) is 15.5. The van der Waals surface area contributed by atoms with Crippen molar-refractivity contribution >= 4 is 11.0 Å². The molecule has 2 aromatic heterocycles. The summed E-state index contributed by atoms with van der Waals surface area (Å²) in [7, 11) is 0. The molecule has 0 amide bonds. The van der Waals surface area contributed by atoms with Crippen molar-refractivity contribution in [1.29, 1.82) is 0 Å². The second-order valence-corrected chi connectivity index (χ2v) is 23.1. The van der Waals surface area contributed by atoms with Gasteiger partial charge in [0.25, 0.3) is 0 Å². The van der Waals surface area contributed by atoms with Crippen molar-refractivity contribution < 1.29 is 39.9 Å². The average Bonchev–Trinajstić information content (AvgIpc) is 3.71. The molecule has 0 radical (unpaired) electrons. The van der Waals surface area contributed by atoms with Crippen LogP contribution in [0.25, 0.3) is 72.7 Å². The molecule has 8 aromatic rings. The minimum atomic E-state index is -3.38. The molecular weight excluding hydrogens is 1030 g/mol. The standard InChI is InChI=1S/C65H74N3O.Pt/c1-40(2)43-25-30-56(52(36-43)42-23-28-48(29-24-42)62(6,7)8)68-57-20-18-19-51(58(57)67-60(68)53-38-50(64(12,13)14)39-54(59(53)69)65(15,16)17)45-33-46(35-49(34-45)63(9,10)11)55-37-44(31-32-66-55)41-21-26-47(27-22-41)61(3,4)5;/h18-32,34-40,69H,1-17H3;/q-1;/i3D3,4D3,5D3,40D;. The predicted molar refractivity (Wildman–Crippen MR) is 294 cm³/mol. The van der Waals surface area contributed by atoms with Crippen LogP contribution in [0.2, 0.25) is 0 Å². The Hall–Kier alpha value is -5.57. The molecule has 0 fully saturated rings. The summed E-state index contributed by atoms with van der Waals surface area (Å²) in [5.74, 6) is -0.216. The second-order valence-electron chi connectivity index (χ2n) is 23.1. The van der Waals surface area contributed by atoms with Crippen molar-refractivity contribution in [2.45, 2.75) is 150 Å². The minimum absolute atomic E-state index is 0. The van der Waals surface area contributed by atoms with Gasteiger partial charge in [0.2, 0.25) is 0 Å². The van der Waals surface area contributed by atoms with Gasteiger partial charge >= 0.3 is 0 Å². The number of pyridine rings is 1. The fraction of sp³-hybridized carbons (Fsp3) is 0.354. The number of phenolic OH excluding ortho intramolecular Hbond substituents is 1. The molecule has 0 aliphatic carbocycles. The van der Waals surface area contributed by atoms with Crippen LogP contribution in [0.1, 0.15) is 170 Å². The van der Waals surface area contributed by atoms with E-state index >= 15 is 0 Å². The Kier molecular flexibility index (Phi) is 10.8. The monoisotopic (exact) mass is 1120 g/mol. The Bertz CT molecular complexity index is 3560. The molecule has 8 rings (SSSR count). The van der Waals surface area contributed by atoms with Gasteiger partial charge in [-0.05, 0) is 102 Å². The maximum Gasteiger partial charge on any atom is 0.148 e. The Balaban J connectivity index is 0.00000924. The third-order valence-electron chi connectivity index (χ3n) is 13.3. The minimum Gasteiger partial charge on any atom is -0.507 e. The number of fused-ring (bicyclic) bond motifs is 1. The SMILES string of the molecule is [2H]C(C)(C)c1ccc(-n2c(-c3cc(C(C)(C)C)cc(C(C)(C)C)c3O)nc3c(-c4[c-]c(-c5cc(-c6ccc(C(C([2H])([2H])[2H])(C([2H])([2H])[2H])C([2H])([2H])[2H])cc6)ccn5)cc(C(C)(C)C)c4)cccc32)c(-c2ccc(C(C)(C)C)cc2)c1.[Pt]. The maximum absolute atomic E-state index is 12.7. The van der Waals surface area contributed by atoms with E-state index in [-0.39, 0.29) is 48.6 Å². The number of aromatic hydroxyl groups is 1. The average molecular weight is 1120 g/mol. The van der Waals surface area contributed by atoms with Crippen LogP contribution in [0, 0.1) is 6.07 Å². The molecule has 0 saturated heterocycles. The number of rotatable bonds is 7. The maximum atomic E-state index is 12.7. The Morgan fingerprint density at radius 2 is 1.14 bits per heavy atom. The molecule has 4 nitrogen and oxygen atoms in total. The quantitative estimate of drug-likeness (QED) is 0.162. The van der Waals surface area contributed by atoms with E-state index in [0.29, 0.717) is 39.3 Å². The summed E-state index contributed by atoms with van der Waals surface area (Å²) in [6.07, 6.45) is 1.66. The third-order valence-corrected chi connectivity index (χ3v) is 13.3. The van der Waals surface area contributed by atoms with E-state index in [1.165, 1.54) is 17.7 Å². The van der Waals surface area contributed by atoms with Gasteiger partial charge < -0.3 is 5.11 Å². The summed E-state index contributed by atoms with van der Waals surface area (Å²) in [5, 5.41) is 12.7. The van der Waals surface area contributed by atoms with Gasteiger partial charge in [-0.2, -0.15) is 0 Å². The molecular formula is C65H74N3OPt-. The largest absolute Gasteiger partial charge is 0.507 e. The summed E-state index contributed by atoms with van der Waals surface area (Å²) < 4.78 is 85.5. The Morgan fingerprint density at radius 1 is 0.557 bits per heavy atom. The van der Waals surface area contributed by atoms with Crippen LogP contribution < -0.4 is 0 Å². The first kappa shape index (κ1) is 40.1.